The molecule has 7 nitrogen and oxygen atoms in total. The second-order valence-electron chi connectivity index (χ2n) is 4.98. The number of nitrogens with zero attached hydrogens (tertiary/aromatic N) is 4. The number of fused-ring (bicyclic) bond motifs is 1. The summed E-state index contributed by atoms with van der Waals surface area (Å²) >= 11 is 0. The number of aromatic nitrogens is 4. The highest BCUT2D eigenvalue weighted by atomic mass is 16.5. The molecule has 3 rings (SSSR count). The molecule has 0 spiro atoms. The summed E-state index contributed by atoms with van der Waals surface area (Å²) in [6.07, 6.45) is 6.78. The Hall–Kier alpha value is -2.70. The number of nitrogens with one attached hydrogen (secondary N) is 1. The summed E-state index contributed by atoms with van der Waals surface area (Å²) in [5, 5.41) is 7.51. The van der Waals surface area contributed by atoms with E-state index >= 15 is 0 Å². The van der Waals surface area contributed by atoms with Crippen LogP contribution in [0.4, 0.5) is 0 Å². The Labute approximate surface area is 121 Å². The lowest BCUT2D eigenvalue weighted by atomic mass is 10.2. The Morgan fingerprint density at radius 2 is 2.38 bits per heavy atom. The first kappa shape index (κ1) is 13.3. The standard InChI is InChI=1S/C14H15N5O2/c1-9(7-19-4-3-15-8-19)17-13(20)11-5-12-10(2)18-21-14(12)16-6-11/h3-6,8-9H,7H2,1-2H3,(H,17,20)/t9-/m0/s1. The number of hydrogen-bond acceptors (Lipinski definition) is 5. The van der Waals surface area contributed by atoms with Crippen molar-refractivity contribution >= 4 is 17.0 Å². The minimum atomic E-state index is -0.169. The highest BCUT2D eigenvalue weighted by Gasteiger charge is 2.13. The number of carbonyl (C=O) groups excluding carboxylic acids is 1. The number of hydrogen-bond donors (Lipinski definition) is 1. The molecule has 0 aromatic carbocycles. The van der Waals surface area contributed by atoms with Gasteiger partial charge in [-0.2, -0.15) is 0 Å². The van der Waals surface area contributed by atoms with E-state index in [1.54, 1.807) is 18.6 Å². The normalized spacial score (nSPS) is 12.5. The molecule has 0 saturated heterocycles. The molecule has 3 aromatic heterocycles. The topological polar surface area (TPSA) is 85.8 Å². The van der Waals surface area contributed by atoms with E-state index in [2.05, 4.69) is 20.4 Å². The molecule has 0 fully saturated rings. The van der Waals surface area contributed by atoms with Crippen LogP contribution in [0.15, 0.2) is 35.5 Å². The fourth-order valence-corrected chi connectivity index (χ4v) is 2.13. The number of pyridine rings is 1. The summed E-state index contributed by atoms with van der Waals surface area (Å²) in [6.45, 7) is 4.42. The molecular weight excluding hydrogens is 270 g/mol. The number of amides is 1. The van der Waals surface area contributed by atoms with E-state index in [-0.39, 0.29) is 11.9 Å². The van der Waals surface area contributed by atoms with Crippen LogP contribution in [0.3, 0.4) is 0 Å². The molecule has 3 heterocycles. The Balaban J connectivity index is 1.72. The van der Waals surface area contributed by atoms with Gasteiger partial charge < -0.3 is 14.4 Å². The Kier molecular flexibility index (Phi) is 3.39. The fraction of sp³-hybridized carbons (Fsp3) is 0.286. The minimum absolute atomic E-state index is 0.0223. The SMILES string of the molecule is Cc1noc2ncc(C(=O)N[C@@H](C)Cn3ccnc3)cc12. The molecular formula is C14H15N5O2. The van der Waals surface area contributed by atoms with Gasteiger partial charge in [0, 0.05) is 31.2 Å². The van der Waals surface area contributed by atoms with Gasteiger partial charge in [-0.3, -0.25) is 4.79 Å². The van der Waals surface area contributed by atoms with Gasteiger partial charge in [-0.25, -0.2) is 9.97 Å². The maximum absolute atomic E-state index is 12.2. The second-order valence-corrected chi connectivity index (χ2v) is 4.98. The van der Waals surface area contributed by atoms with Crippen LogP contribution in [0.2, 0.25) is 0 Å². The largest absolute Gasteiger partial charge is 0.348 e. The third-order valence-electron chi connectivity index (χ3n) is 3.19. The van der Waals surface area contributed by atoms with Gasteiger partial charge in [0.2, 0.25) is 0 Å². The number of aryl methyl sites for hydroxylation is 1. The first-order valence-corrected chi connectivity index (χ1v) is 6.62. The van der Waals surface area contributed by atoms with Gasteiger partial charge >= 0.3 is 0 Å². The van der Waals surface area contributed by atoms with Crippen molar-refractivity contribution in [2.75, 3.05) is 0 Å². The third-order valence-corrected chi connectivity index (χ3v) is 3.19. The van der Waals surface area contributed by atoms with E-state index in [0.29, 0.717) is 17.8 Å². The lowest BCUT2D eigenvalue weighted by molar-refractivity contribution is 0.0936. The van der Waals surface area contributed by atoms with Gasteiger partial charge in [0.25, 0.3) is 11.6 Å². The molecule has 3 aromatic rings. The van der Waals surface area contributed by atoms with E-state index in [1.165, 1.54) is 6.20 Å². The second kappa shape index (κ2) is 5.35. The van der Waals surface area contributed by atoms with Crippen molar-refractivity contribution in [3.8, 4) is 0 Å². The van der Waals surface area contributed by atoms with Crippen LogP contribution < -0.4 is 5.32 Å². The van der Waals surface area contributed by atoms with Crippen LogP contribution >= 0.6 is 0 Å². The van der Waals surface area contributed by atoms with Crippen LogP contribution in [0, 0.1) is 6.92 Å². The number of imidazole rings is 1. The highest BCUT2D eigenvalue weighted by molar-refractivity contribution is 5.97. The highest BCUT2D eigenvalue weighted by Crippen LogP contribution is 2.16. The molecule has 7 heteroatoms. The maximum atomic E-state index is 12.2. The fourth-order valence-electron chi connectivity index (χ4n) is 2.13. The molecule has 0 radical (unpaired) electrons. The summed E-state index contributed by atoms with van der Waals surface area (Å²) < 4.78 is 6.94. The average molecular weight is 285 g/mol. The molecule has 0 aliphatic rings. The molecule has 108 valence electrons. The summed E-state index contributed by atoms with van der Waals surface area (Å²) in [6, 6.07) is 1.72. The Morgan fingerprint density at radius 3 is 3.14 bits per heavy atom. The summed E-state index contributed by atoms with van der Waals surface area (Å²) in [5.41, 5.74) is 1.65. The van der Waals surface area contributed by atoms with E-state index in [1.807, 2.05) is 24.6 Å². The first-order valence-electron chi connectivity index (χ1n) is 6.62. The van der Waals surface area contributed by atoms with E-state index in [0.717, 1.165) is 11.1 Å². The van der Waals surface area contributed by atoms with Crippen molar-refractivity contribution in [2.24, 2.45) is 0 Å². The summed E-state index contributed by atoms with van der Waals surface area (Å²) in [7, 11) is 0. The number of rotatable bonds is 4. The van der Waals surface area contributed by atoms with Crippen molar-refractivity contribution in [3.05, 3.63) is 42.2 Å². The van der Waals surface area contributed by atoms with Crippen LogP contribution in [-0.4, -0.2) is 31.6 Å². The molecule has 1 N–H and O–H groups in total. The van der Waals surface area contributed by atoms with Gasteiger partial charge in [-0.05, 0) is 19.9 Å². The quantitative estimate of drug-likeness (QED) is 0.786. The molecule has 1 amide bonds. The van der Waals surface area contributed by atoms with Crippen LogP contribution in [0.25, 0.3) is 11.1 Å². The van der Waals surface area contributed by atoms with Gasteiger partial charge in [0.05, 0.1) is 23.0 Å². The van der Waals surface area contributed by atoms with Gasteiger partial charge in [-0.1, -0.05) is 5.16 Å². The molecule has 21 heavy (non-hydrogen) atoms. The summed E-state index contributed by atoms with van der Waals surface area (Å²) in [4.78, 5) is 20.3. The summed E-state index contributed by atoms with van der Waals surface area (Å²) in [5.74, 6) is -0.169. The van der Waals surface area contributed by atoms with Crippen molar-refractivity contribution in [1.29, 1.82) is 0 Å². The Bertz CT molecular complexity index is 763. The van der Waals surface area contributed by atoms with Crippen molar-refractivity contribution < 1.29 is 9.32 Å². The van der Waals surface area contributed by atoms with Gasteiger partial charge in [0.15, 0.2) is 0 Å². The molecule has 1 atom stereocenters. The minimum Gasteiger partial charge on any atom is -0.348 e. The number of carbonyl (C=O) groups is 1. The van der Waals surface area contributed by atoms with E-state index in [4.69, 9.17) is 4.52 Å². The van der Waals surface area contributed by atoms with E-state index < -0.39 is 0 Å². The van der Waals surface area contributed by atoms with E-state index in [9.17, 15) is 4.79 Å². The monoisotopic (exact) mass is 285 g/mol. The zero-order chi connectivity index (χ0) is 14.8. The molecule has 0 bridgehead atoms. The first-order chi connectivity index (χ1) is 10.1. The third kappa shape index (κ3) is 2.76. The predicted molar refractivity (Wildman–Crippen MR) is 75.7 cm³/mol. The lowest BCUT2D eigenvalue weighted by Crippen LogP contribution is -2.35. The molecule has 0 aliphatic heterocycles. The van der Waals surface area contributed by atoms with Gasteiger partial charge in [-0.15, -0.1) is 0 Å². The van der Waals surface area contributed by atoms with Crippen LogP contribution in [0.1, 0.15) is 23.0 Å². The zero-order valence-corrected chi connectivity index (χ0v) is 11.8. The van der Waals surface area contributed by atoms with Gasteiger partial charge in [0.1, 0.15) is 0 Å². The lowest BCUT2D eigenvalue weighted by Gasteiger charge is -2.14. The van der Waals surface area contributed by atoms with Crippen molar-refractivity contribution in [1.82, 2.24) is 25.0 Å². The molecule has 0 unspecified atom stereocenters. The Morgan fingerprint density at radius 1 is 1.52 bits per heavy atom. The maximum Gasteiger partial charge on any atom is 0.257 e. The van der Waals surface area contributed by atoms with Crippen molar-refractivity contribution in [3.63, 3.8) is 0 Å². The smallest absolute Gasteiger partial charge is 0.257 e. The van der Waals surface area contributed by atoms with Crippen LogP contribution in [-0.2, 0) is 6.54 Å². The zero-order valence-electron chi connectivity index (χ0n) is 11.8. The average Bonchev–Trinajstić information content (AvgIpc) is 3.09. The van der Waals surface area contributed by atoms with Crippen molar-refractivity contribution in [2.45, 2.75) is 26.4 Å². The van der Waals surface area contributed by atoms with Crippen LogP contribution in [0.5, 0.6) is 0 Å². The molecule has 0 aliphatic carbocycles. The molecule has 0 saturated carbocycles. The predicted octanol–water partition coefficient (Wildman–Crippen LogP) is 1.55.